The lowest BCUT2D eigenvalue weighted by Crippen LogP contribution is -2.01. The Balaban J connectivity index is 0. The number of hydrogen-bond donors (Lipinski definition) is 0. The number of oxazole rings is 1. The van der Waals surface area contributed by atoms with Crippen LogP contribution in [0.15, 0.2) is 113 Å². The number of benzene rings is 2. The summed E-state index contributed by atoms with van der Waals surface area (Å²) in [6.07, 6.45) is 8.15. The summed E-state index contributed by atoms with van der Waals surface area (Å²) in [5, 5.41) is 3.97. The molecular weight excluding hydrogens is 749 g/mol. The number of hydrogen-bond acceptors (Lipinski definition) is 7. The van der Waals surface area contributed by atoms with Crippen molar-refractivity contribution in [3.63, 3.8) is 0 Å². The van der Waals surface area contributed by atoms with Gasteiger partial charge in [0.15, 0.2) is 11.5 Å². The third-order valence-electron chi connectivity index (χ3n) is 4.88. The summed E-state index contributed by atoms with van der Waals surface area (Å²) in [4.78, 5) is 36.1. The van der Waals surface area contributed by atoms with Crippen molar-refractivity contribution in [3.05, 3.63) is 135 Å². The molecule has 226 valence electrons. The molecule has 0 bridgehead atoms. The van der Waals surface area contributed by atoms with E-state index in [-0.39, 0.29) is 57.6 Å². The standard InChI is InChI=1S/C14H9ClN2O.C8H6ClN3O.C6H4ClNO.CH4.ClH.HI.H2/c15-12-5-3-10(4-6-12)13-9-17-14(18-13)11-2-1-7-16-8-11;9-7-3-1-6(2-4-7)8(13)5-11-12-10;7-6(9)5-2-1-3-8-4-5;;;;/h1-9H;1-4H,5H2;1-4H;1H4;3*1H. The highest BCUT2D eigenvalue weighted by Gasteiger charge is 2.08. The van der Waals surface area contributed by atoms with Gasteiger partial charge in [0.1, 0.15) is 0 Å². The minimum atomic E-state index is -0.469. The highest BCUT2D eigenvalue weighted by atomic mass is 127. The number of halogens is 5. The molecule has 0 amide bonds. The minimum absolute atomic E-state index is 0. The van der Waals surface area contributed by atoms with E-state index >= 15 is 0 Å². The second kappa shape index (κ2) is 21.2. The van der Waals surface area contributed by atoms with Crippen molar-refractivity contribution in [1.82, 2.24) is 15.0 Å². The second-order valence-electron chi connectivity index (χ2n) is 7.61. The molecule has 0 saturated heterocycles. The van der Waals surface area contributed by atoms with Crippen LogP contribution in [0, 0.1) is 0 Å². The van der Waals surface area contributed by atoms with Crippen molar-refractivity contribution in [2.45, 2.75) is 7.43 Å². The molecule has 5 aromatic rings. The van der Waals surface area contributed by atoms with E-state index in [0.717, 1.165) is 11.1 Å². The van der Waals surface area contributed by atoms with Crippen molar-refractivity contribution in [2.24, 2.45) is 5.11 Å². The van der Waals surface area contributed by atoms with Gasteiger partial charge in [-0.25, -0.2) is 4.98 Å². The largest absolute Gasteiger partial charge is 0.436 e. The van der Waals surface area contributed by atoms with E-state index < -0.39 is 5.24 Å². The van der Waals surface area contributed by atoms with E-state index in [4.69, 9.17) is 44.8 Å². The van der Waals surface area contributed by atoms with E-state index in [9.17, 15) is 9.59 Å². The number of carbonyl (C=O) groups is 2. The SMILES string of the molecule is C.Cl.Clc1ccc(-c2cnc(-c3cccnc3)o2)cc1.I.O=C(Cl)c1cccnc1.[HH].[N-]=[N+]=NCC(=O)c1ccc(Cl)cc1. The van der Waals surface area contributed by atoms with Crippen LogP contribution in [0.5, 0.6) is 0 Å². The number of pyridine rings is 2. The average Bonchev–Trinajstić information content (AvgIpc) is 3.49. The Hall–Kier alpha value is -3.51. The summed E-state index contributed by atoms with van der Waals surface area (Å²) in [6, 6.07) is 20.9. The topological polar surface area (TPSA) is 135 Å². The summed E-state index contributed by atoms with van der Waals surface area (Å²) in [6.45, 7) is -0.155. The van der Waals surface area contributed by atoms with Crippen LogP contribution in [-0.2, 0) is 0 Å². The summed E-state index contributed by atoms with van der Waals surface area (Å²) >= 11 is 16.6. The molecule has 14 heteroatoms. The first-order chi connectivity index (χ1) is 19.4. The van der Waals surface area contributed by atoms with Crippen LogP contribution in [0.1, 0.15) is 29.6 Å². The summed E-state index contributed by atoms with van der Waals surface area (Å²) < 4.78 is 5.70. The maximum atomic E-state index is 11.2. The Morgan fingerprint density at radius 2 is 1.42 bits per heavy atom. The molecule has 5 rings (SSSR count). The maximum Gasteiger partial charge on any atom is 0.253 e. The molecule has 9 nitrogen and oxygen atoms in total. The van der Waals surface area contributed by atoms with Gasteiger partial charge in [-0.05, 0) is 89.9 Å². The van der Waals surface area contributed by atoms with Gasteiger partial charge < -0.3 is 4.42 Å². The molecule has 0 saturated carbocycles. The van der Waals surface area contributed by atoms with Crippen LogP contribution >= 0.6 is 71.2 Å². The number of ketones is 1. The van der Waals surface area contributed by atoms with Crippen molar-refractivity contribution in [1.29, 1.82) is 0 Å². The van der Waals surface area contributed by atoms with Crippen LogP contribution in [0.3, 0.4) is 0 Å². The van der Waals surface area contributed by atoms with Gasteiger partial charge >= 0.3 is 0 Å². The highest BCUT2D eigenvalue weighted by molar-refractivity contribution is 14.0. The average molecular weight is 776 g/mol. The van der Waals surface area contributed by atoms with Crippen LogP contribution < -0.4 is 0 Å². The molecule has 0 radical (unpaired) electrons. The molecule has 0 aliphatic heterocycles. The molecule has 0 aliphatic rings. The van der Waals surface area contributed by atoms with Crippen LogP contribution in [0.4, 0.5) is 0 Å². The fourth-order valence-electron chi connectivity index (χ4n) is 2.95. The van der Waals surface area contributed by atoms with Crippen LogP contribution in [0.25, 0.3) is 33.2 Å². The zero-order valence-corrected chi connectivity index (χ0v) is 26.8. The molecule has 43 heavy (non-hydrogen) atoms. The lowest BCUT2D eigenvalue weighted by atomic mass is 10.1. The lowest BCUT2D eigenvalue weighted by molar-refractivity contribution is 0.100. The molecule has 0 aliphatic carbocycles. The van der Waals surface area contributed by atoms with Gasteiger partial charge in [-0.2, -0.15) is 0 Å². The van der Waals surface area contributed by atoms with E-state index in [0.29, 0.717) is 32.8 Å². The van der Waals surface area contributed by atoms with E-state index in [1.165, 1.54) is 6.20 Å². The smallest absolute Gasteiger partial charge is 0.253 e. The molecule has 0 atom stereocenters. The van der Waals surface area contributed by atoms with Crippen LogP contribution in [0.2, 0.25) is 10.0 Å². The monoisotopic (exact) mass is 774 g/mol. The summed E-state index contributed by atoms with van der Waals surface area (Å²) in [7, 11) is 0. The maximum absolute atomic E-state index is 11.2. The Morgan fingerprint density at radius 1 is 0.837 bits per heavy atom. The van der Waals surface area contributed by atoms with Gasteiger partial charge in [0, 0.05) is 52.3 Å². The molecule has 0 spiro atoms. The summed E-state index contributed by atoms with van der Waals surface area (Å²) in [5.74, 6) is 1.06. The zero-order chi connectivity index (χ0) is 28.7. The Morgan fingerprint density at radius 3 is 1.91 bits per heavy atom. The number of azide groups is 1. The number of rotatable bonds is 6. The van der Waals surface area contributed by atoms with Crippen molar-refractivity contribution in [3.8, 4) is 22.8 Å². The highest BCUT2D eigenvalue weighted by Crippen LogP contribution is 2.26. The van der Waals surface area contributed by atoms with Gasteiger partial charge in [-0.15, -0.1) is 36.4 Å². The first kappa shape index (κ1) is 39.5. The number of carbonyl (C=O) groups excluding carboxylic acids is 2. The second-order valence-corrected chi connectivity index (χ2v) is 8.83. The number of nitrogens with zero attached hydrogens (tertiary/aromatic N) is 6. The first-order valence-electron chi connectivity index (χ1n) is 11.4. The Bertz CT molecular complexity index is 1590. The molecule has 0 N–H and O–H groups in total. The normalized spacial score (nSPS) is 9.00. The van der Waals surface area contributed by atoms with E-state index in [1.54, 1.807) is 61.2 Å². The fraction of sp³-hybridized carbons (Fsp3) is 0.0690. The molecule has 3 heterocycles. The third-order valence-corrected chi connectivity index (χ3v) is 5.60. The minimum Gasteiger partial charge on any atom is -0.436 e. The van der Waals surface area contributed by atoms with Gasteiger partial charge in [0.25, 0.3) is 5.24 Å². The molecule has 2 aromatic carbocycles. The third kappa shape index (κ3) is 13.6. The van der Waals surface area contributed by atoms with E-state index in [1.807, 2.05) is 36.4 Å². The van der Waals surface area contributed by atoms with Gasteiger partial charge in [0.05, 0.1) is 23.9 Å². The molecule has 0 unspecified atom stereocenters. The lowest BCUT2D eigenvalue weighted by Gasteiger charge is -1.96. The molecule has 3 aromatic heterocycles. The number of Topliss-reactive ketones (excluding diaryl/α,β-unsaturated/α-hetero) is 1. The van der Waals surface area contributed by atoms with Gasteiger partial charge in [-0.3, -0.25) is 19.6 Å². The predicted molar refractivity (Wildman–Crippen MR) is 186 cm³/mol. The first-order valence-corrected chi connectivity index (χ1v) is 12.5. The summed E-state index contributed by atoms with van der Waals surface area (Å²) in [5.41, 5.74) is 10.7. The van der Waals surface area contributed by atoms with E-state index in [2.05, 4.69) is 25.0 Å². The van der Waals surface area contributed by atoms with Crippen molar-refractivity contribution < 1.29 is 15.4 Å². The quantitative estimate of drug-likeness (QED) is 0.0421. The Labute approximate surface area is 288 Å². The fourth-order valence-corrected chi connectivity index (χ4v) is 3.31. The zero-order valence-electron chi connectivity index (χ0n) is 21.4. The van der Waals surface area contributed by atoms with Gasteiger partial charge in [0.2, 0.25) is 5.89 Å². The number of aromatic nitrogens is 3. The molecule has 0 fully saturated rings. The predicted octanol–water partition coefficient (Wildman–Crippen LogP) is 10.3. The van der Waals surface area contributed by atoms with Crippen LogP contribution in [-0.4, -0.2) is 32.5 Å². The van der Waals surface area contributed by atoms with Gasteiger partial charge in [-0.1, -0.05) is 35.7 Å². The molecular formula is C29H27Cl4IN6O3. The Kier molecular flexibility index (Phi) is 19.5. The van der Waals surface area contributed by atoms with Crippen molar-refractivity contribution >= 4 is 82.2 Å². The van der Waals surface area contributed by atoms with Crippen molar-refractivity contribution in [2.75, 3.05) is 6.54 Å².